The van der Waals surface area contributed by atoms with Crippen molar-refractivity contribution in [3.63, 3.8) is 0 Å². The van der Waals surface area contributed by atoms with Gasteiger partial charge in [0, 0.05) is 22.5 Å². The highest BCUT2D eigenvalue weighted by atomic mass is 79.9. The molecule has 2 unspecified atom stereocenters. The molecule has 1 amide bonds. The molecular formula is C25H24BrNO6. The average Bonchev–Trinajstić information content (AvgIpc) is 3.15. The summed E-state index contributed by atoms with van der Waals surface area (Å²) in [5.74, 6) is -0.216. The number of carbonyl (C=O) groups is 1. The first kappa shape index (κ1) is 23.1. The van der Waals surface area contributed by atoms with Crippen molar-refractivity contribution in [2.45, 2.75) is 18.1 Å². The van der Waals surface area contributed by atoms with Gasteiger partial charge < -0.3 is 30.1 Å². The van der Waals surface area contributed by atoms with E-state index in [1.165, 1.54) is 13.2 Å². The van der Waals surface area contributed by atoms with Crippen molar-refractivity contribution in [2.75, 3.05) is 20.3 Å². The first-order chi connectivity index (χ1) is 15.9. The van der Waals surface area contributed by atoms with Crippen LogP contribution in [0.25, 0.3) is 11.1 Å². The van der Waals surface area contributed by atoms with E-state index in [-0.39, 0.29) is 36.1 Å². The number of alkyl carbamates (subject to hydrolysis) is 1. The van der Waals surface area contributed by atoms with Gasteiger partial charge in [0.05, 0.1) is 7.11 Å². The third kappa shape index (κ3) is 4.55. The molecule has 0 fully saturated rings. The maximum Gasteiger partial charge on any atom is 0.407 e. The Balaban J connectivity index is 1.37. The second-order valence-corrected chi connectivity index (χ2v) is 8.58. The van der Waals surface area contributed by atoms with E-state index < -0.39 is 18.3 Å². The minimum absolute atomic E-state index is 0.0659. The van der Waals surface area contributed by atoms with Gasteiger partial charge in [-0.25, -0.2) is 4.79 Å². The SMILES string of the molecule is COc1ccc(Br)c(C(O)C(O)CNC(=O)OCC2c3ccccc3-c3ccccc32)c1O. The molecule has 0 aromatic heterocycles. The van der Waals surface area contributed by atoms with Crippen molar-refractivity contribution >= 4 is 22.0 Å². The summed E-state index contributed by atoms with van der Waals surface area (Å²) < 4.78 is 10.9. The molecule has 0 saturated carbocycles. The van der Waals surface area contributed by atoms with Crippen LogP contribution in [-0.4, -0.2) is 47.8 Å². The summed E-state index contributed by atoms with van der Waals surface area (Å²) in [6, 6.07) is 19.2. The lowest BCUT2D eigenvalue weighted by Gasteiger charge is -2.22. The fraction of sp³-hybridized carbons (Fsp3) is 0.240. The van der Waals surface area contributed by atoms with Crippen LogP contribution in [-0.2, 0) is 4.74 Å². The molecule has 1 aliphatic rings. The van der Waals surface area contributed by atoms with Crippen LogP contribution in [0, 0.1) is 0 Å². The molecule has 33 heavy (non-hydrogen) atoms. The normalized spacial score (nSPS) is 14.2. The number of phenolic OH excluding ortho intramolecular Hbond substituents is 1. The van der Waals surface area contributed by atoms with E-state index >= 15 is 0 Å². The van der Waals surface area contributed by atoms with Gasteiger partial charge in [-0.05, 0) is 34.4 Å². The molecule has 0 aliphatic heterocycles. The first-order valence-electron chi connectivity index (χ1n) is 10.4. The maximum atomic E-state index is 12.3. The first-order valence-corrected chi connectivity index (χ1v) is 11.2. The average molecular weight is 514 g/mol. The monoisotopic (exact) mass is 513 g/mol. The molecule has 1 aliphatic carbocycles. The van der Waals surface area contributed by atoms with Crippen LogP contribution in [0.5, 0.6) is 11.5 Å². The minimum Gasteiger partial charge on any atom is -0.504 e. The summed E-state index contributed by atoms with van der Waals surface area (Å²) in [4.78, 5) is 12.3. The van der Waals surface area contributed by atoms with Crippen molar-refractivity contribution in [3.8, 4) is 22.6 Å². The molecule has 172 valence electrons. The summed E-state index contributed by atoms with van der Waals surface area (Å²) in [7, 11) is 1.38. The molecule has 0 saturated heterocycles. The highest BCUT2D eigenvalue weighted by molar-refractivity contribution is 9.10. The van der Waals surface area contributed by atoms with Gasteiger partial charge in [-0.2, -0.15) is 0 Å². The number of aliphatic hydroxyl groups is 2. The molecule has 4 N–H and O–H groups in total. The maximum absolute atomic E-state index is 12.3. The van der Waals surface area contributed by atoms with Crippen LogP contribution in [0.3, 0.4) is 0 Å². The van der Waals surface area contributed by atoms with Crippen LogP contribution in [0.1, 0.15) is 28.7 Å². The van der Waals surface area contributed by atoms with Crippen molar-refractivity contribution in [1.29, 1.82) is 0 Å². The number of phenols is 1. The Morgan fingerprint density at radius 2 is 1.64 bits per heavy atom. The number of nitrogens with one attached hydrogen (secondary N) is 1. The quantitative estimate of drug-likeness (QED) is 0.378. The molecule has 4 rings (SSSR count). The zero-order valence-electron chi connectivity index (χ0n) is 17.9. The highest BCUT2D eigenvalue weighted by Gasteiger charge is 2.30. The van der Waals surface area contributed by atoms with Gasteiger partial charge in [0.25, 0.3) is 0 Å². The zero-order chi connectivity index (χ0) is 23.5. The second kappa shape index (κ2) is 9.82. The van der Waals surface area contributed by atoms with E-state index in [1.54, 1.807) is 6.07 Å². The van der Waals surface area contributed by atoms with Crippen molar-refractivity contribution in [2.24, 2.45) is 0 Å². The number of hydrogen-bond acceptors (Lipinski definition) is 6. The zero-order valence-corrected chi connectivity index (χ0v) is 19.5. The van der Waals surface area contributed by atoms with Crippen molar-refractivity contribution in [3.05, 3.63) is 81.8 Å². The molecule has 7 nitrogen and oxygen atoms in total. The van der Waals surface area contributed by atoms with Crippen molar-refractivity contribution in [1.82, 2.24) is 5.32 Å². The lowest BCUT2D eigenvalue weighted by atomic mass is 9.98. The number of hydrogen-bond donors (Lipinski definition) is 4. The number of carbonyl (C=O) groups excluding carboxylic acids is 1. The molecule has 0 spiro atoms. The summed E-state index contributed by atoms with van der Waals surface area (Å²) in [5, 5.41) is 33.7. The second-order valence-electron chi connectivity index (χ2n) is 7.73. The molecule has 0 heterocycles. The lowest BCUT2D eigenvalue weighted by Crippen LogP contribution is -2.36. The number of fused-ring (bicyclic) bond motifs is 3. The highest BCUT2D eigenvalue weighted by Crippen LogP contribution is 2.44. The minimum atomic E-state index is -1.47. The predicted molar refractivity (Wildman–Crippen MR) is 126 cm³/mol. The molecule has 2 atom stereocenters. The number of aromatic hydroxyl groups is 1. The van der Waals surface area contributed by atoms with E-state index in [1.807, 2.05) is 36.4 Å². The molecule has 0 radical (unpaired) electrons. The largest absolute Gasteiger partial charge is 0.504 e. The Morgan fingerprint density at radius 1 is 1.03 bits per heavy atom. The number of aliphatic hydroxyl groups excluding tert-OH is 2. The van der Waals surface area contributed by atoms with Gasteiger partial charge in [0.15, 0.2) is 11.5 Å². The Labute approximate surface area is 199 Å². The van der Waals surface area contributed by atoms with Crippen LogP contribution in [0.2, 0.25) is 0 Å². The van der Waals surface area contributed by atoms with Crippen LogP contribution >= 0.6 is 15.9 Å². The Morgan fingerprint density at radius 3 is 2.24 bits per heavy atom. The molecule has 3 aromatic carbocycles. The number of rotatable bonds is 7. The lowest BCUT2D eigenvalue weighted by molar-refractivity contribution is 0.0167. The Bertz CT molecular complexity index is 1120. The number of ether oxygens (including phenoxy) is 2. The summed E-state index contributed by atoms with van der Waals surface area (Å²) >= 11 is 3.25. The fourth-order valence-corrected chi connectivity index (χ4v) is 4.71. The van der Waals surface area contributed by atoms with Gasteiger partial charge in [0.2, 0.25) is 0 Å². The number of amides is 1. The summed E-state index contributed by atoms with van der Waals surface area (Å²) in [6.07, 6.45) is -3.57. The van der Waals surface area contributed by atoms with E-state index in [0.29, 0.717) is 4.47 Å². The van der Waals surface area contributed by atoms with Gasteiger partial charge >= 0.3 is 6.09 Å². The van der Waals surface area contributed by atoms with Crippen LogP contribution in [0.15, 0.2) is 65.1 Å². The van der Waals surface area contributed by atoms with Gasteiger partial charge in [-0.1, -0.05) is 64.5 Å². The molecular weight excluding hydrogens is 490 g/mol. The number of halogens is 1. The van der Waals surface area contributed by atoms with Crippen molar-refractivity contribution < 1.29 is 29.6 Å². The predicted octanol–water partition coefficient (Wildman–Crippen LogP) is 4.10. The van der Waals surface area contributed by atoms with E-state index in [2.05, 4.69) is 33.4 Å². The summed E-state index contributed by atoms with van der Waals surface area (Å²) in [6.45, 7) is -0.137. The number of methoxy groups -OCH3 is 1. The van der Waals surface area contributed by atoms with Crippen LogP contribution in [0.4, 0.5) is 4.79 Å². The standard InChI is InChI=1S/C25H24BrNO6/c1-32-21-11-10-19(26)22(24(21)30)23(29)20(28)12-27-25(31)33-13-18-16-8-4-2-6-14(16)15-7-3-5-9-17(15)18/h2-11,18,20,23,28-30H,12-13H2,1H3,(H,27,31). The Hall–Kier alpha value is -3.07. The van der Waals surface area contributed by atoms with E-state index in [4.69, 9.17) is 9.47 Å². The molecule has 8 heteroatoms. The van der Waals surface area contributed by atoms with Crippen LogP contribution < -0.4 is 10.1 Å². The third-order valence-electron chi connectivity index (χ3n) is 5.81. The van der Waals surface area contributed by atoms with Gasteiger partial charge in [-0.15, -0.1) is 0 Å². The van der Waals surface area contributed by atoms with Gasteiger partial charge in [-0.3, -0.25) is 0 Å². The summed E-state index contributed by atoms with van der Waals surface area (Å²) in [5.41, 5.74) is 4.52. The van der Waals surface area contributed by atoms with Gasteiger partial charge in [0.1, 0.15) is 18.8 Å². The third-order valence-corrected chi connectivity index (χ3v) is 6.50. The topological polar surface area (TPSA) is 108 Å². The number of benzene rings is 3. The van der Waals surface area contributed by atoms with E-state index in [0.717, 1.165) is 22.3 Å². The molecule has 3 aromatic rings. The van der Waals surface area contributed by atoms with E-state index in [9.17, 15) is 20.1 Å². The smallest absolute Gasteiger partial charge is 0.407 e. The fourth-order valence-electron chi connectivity index (χ4n) is 4.15. The molecule has 0 bridgehead atoms. The Kier molecular flexibility index (Phi) is 6.88.